The first-order valence-electron chi connectivity index (χ1n) is 6.76. The van der Waals surface area contributed by atoms with Crippen LogP contribution in [-0.2, 0) is 0 Å². The van der Waals surface area contributed by atoms with E-state index in [-0.39, 0.29) is 0 Å². The SMILES string of the molecule is COc1ccc(C(O)CNC2CC2)c2ccccc12. The number of hydrogen-bond donors (Lipinski definition) is 2. The van der Waals surface area contributed by atoms with Crippen LogP contribution in [0.1, 0.15) is 24.5 Å². The number of fused-ring (bicyclic) bond motifs is 1. The Bertz CT molecular complexity index is 578. The van der Waals surface area contributed by atoms with Gasteiger partial charge in [0.05, 0.1) is 13.2 Å². The smallest absolute Gasteiger partial charge is 0.126 e. The van der Waals surface area contributed by atoms with E-state index in [4.69, 9.17) is 4.74 Å². The molecule has 1 atom stereocenters. The number of aliphatic hydroxyl groups is 1. The molecule has 3 heteroatoms. The molecule has 1 unspecified atom stereocenters. The van der Waals surface area contributed by atoms with Crippen molar-refractivity contribution >= 4 is 10.8 Å². The van der Waals surface area contributed by atoms with E-state index in [1.807, 2.05) is 36.4 Å². The molecule has 0 bridgehead atoms. The maximum absolute atomic E-state index is 10.4. The van der Waals surface area contributed by atoms with E-state index < -0.39 is 6.10 Å². The van der Waals surface area contributed by atoms with Gasteiger partial charge in [0, 0.05) is 18.0 Å². The summed E-state index contributed by atoms with van der Waals surface area (Å²) in [5.74, 6) is 0.849. The van der Waals surface area contributed by atoms with Crippen molar-refractivity contribution in [2.45, 2.75) is 25.0 Å². The Morgan fingerprint density at radius 3 is 2.63 bits per heavy atom. The lowest BCUT2D eigenvalue weighted by atomic mass is 9.99. The van der Waals surface area contributed by atoms with Crippen LogP contribution in [0.2, 0.25) is 0 Å². The van der Waals surface area contributed by atoms with Gasteiger partial charge in [0.15, 0.2) is 0 Å². The van der Waals surface area contributed by atoms with E-state index in [9.17, 15) is 5.11 Å². The zero-order chi connectivity index (χ0) is 13.2. The molecule has 1 fully saturated rings. The van der Waals surface area contributed by atoms with Gasteiger partial charge in [-0.3, -0.25) is 0 Å². The van der Waals surface area contributed by atoms with Crippen LogP contribution in [-0.4, -0.2) is 24.8 Å². The Hall–Kier alpha value is -1.58. The average Bonchev–Trinajstić information content (AvgIpc) is 3.27. The summed E-state index contributed by atoms with van der Waals surface area (Å²) in [7, 11) is 1.67. The van der Waals surface area contributed by atoms with Gasteiger partial charge in [-0.25, -0.2) is 0 Å². The number of benzene rings is 2. The molecule has 0 aromatic heterocycles. The second kappa shape index (κ2) is 5.19. The molecule has 0 aliphatic heterocycles. The van der Waals surface area contributed by atoms with Gasteiger partial charge in [-0.2, -0.15) is 0 Å². The van der Waals surface area contributed by atoms with Gasteiger partial charge in [0.1, 0.15) is 5.75 Å². The van der Waals surface area contributed by atoms with E-state index >= 15 is 0 Å². The molecule has 2 aromatic carbocycles. The van der Waals surface area contributed by atoms with Gasteiger partial charge in [-0.1, -0.05) is 30.3 Å². The maximum Gasteiger partial charge on any atom is 0.126 e. The Labute approximate surface area is 113 Å². The highest BCUT2D eigenvalue weighted by atomic mass is 16.5. The number of aliphatic hydroxyl groups excluding tert-OH is 1. The molecule has 2 aromatic rings. The van der Waals surface area contributed by atoms with Crippen LogP contribution < -0.4 is 10.1 Å². The minimum absolute atomic E-state index is 0.476. The van der Waals surface area contributed by atoms with Crippen molar-refractivity contribution in [3.8, 4) is 5.75 Å². The van der Waals surface area contributed by atoms with Crippen LogP contribution in [0.3, 0.4) is 0 Å². The number of ether oxygens (including phenoxy) is 1. The highest BCUT2D eigenvalue weighted by molar-refractivity contribution is 5.91. The van der Waals surface area contributed by atoms with Crippen LogP contribution in [0.15, 0.2) is 36.4 Å². The molecule has 19 heavy (non-hydrogen) atoms. The monoisotopic (exact) mass is 257 g/mol. The molecule has 3 nitrogen and oxygen atoms in total. The van der Waals surface area contributed by atoms with Crippen LogP contribution in [0.4, 0.5) is 0 Å². The lowest BCUT2D eigenvalue weighted by Crippen LogP contribution is -2.23. The zero-order valence-corrected chi connectivity index (χ0v) is 11.1. The molecule has 0 amide bonds. The van der Waals surface area contributed by atoms with Crippen molar-refractivity contribution in [1.82, 2.24) is 5.32 Å². The normalized spacial score (nSPS) is 16.5. The lowest BCUT2D eigenvalue weighted by Gasteiger charge is -2.16. The lowest BCUT2D eigenvalue weighted by molar-refractivity contribution is 0.175. The van der Waals surface area contributed by atoms with Crippen molar-refractivity contribution in [1.29, 1.82) is 0 Å². The van der Waals surface area contributed by atoms with E-state index in [2.05, 4.69) is 5.32 Å². The van der Waals surface area contributed by atoms with Gasteiger partial charge < -0.3 is 15.2 Å². The Morgan fingerprint density at radius 2 is 1.95 bits per heavy atom. The minimum atomic E-state index is -0.476. The standard InChI is InChI=1S/C16H19NO2/c1-19-16-9-8-13(12-4-2-3-5-14(12)16)15(18)10-17-11-6-7-11/h2-5,8-9,11,15,17-18H,6-7,10H2,1H3. The fourth-order valence-electron chi connectivity index (χ4n) is 2.44. The Kier molecular flexibility index (Phi) is 3.40. The molecule has 0 heterocycles. The first-order chi connectivity index (χ1) is 9.29. The molecule has 100 valence electrons. The van der Waals surface area contributed by atoms with Gasteiger partial charge in [-0.15, -0.1) is 0 Å². The number of hydrogen-bond acceptors (Lipinski definition) is 3. The Morgan fingerprint density at radius 1 is 1.21 bits per heavy atom. The average molecular weight is 257 g/mol. The summed E-state index contributed by atoms with van der Waals surface area (Å²) in [6, 6.07) is 12.5. The van der Waals surface area contributed by atoms with Crippen molar-refractivity contribution in [3.63, 3.8) is 0 Å². The molecular weight excluding hydrogens is 238 g/mol. The third-order valence-corrected chi connectivity index (χ3v) is 3.67. The molecular formula is C16H19NO2. The van der Waals surface area contributed by atoms with E-state index in [0.717, 1.165) is 22.1 Å². The van der Waals surface area contributed by atoms with E-state index in [1.165, 1.54) is 12.8 Å². The van der Waals surface area contributed by atoms with Crippen molar-refractivity contribution in [2.75, 3.05) is 13.7 Å². The largest absolute Gasteiger partial charge is 0.496 e. The second-order valence-electron chi connectivity index (χ2n) is 5.10. The molecule has 3 rings (SSSR count). The quantitative estimate of drug-likeness (QED) is 0.865. The highest BCUT2D eigenvalue weighted by Gasteiger charge is 2.22. The summed E-state index contributed by atoms with van der Waals surface area (Å²) in [5, 5.41) is 15.8. The molecule has 0 spiro atoms. The van der Waals surface area contributed by atoms with Crippen LogP contribution in [0.25, 0.3) is 10.8 Å². The topological polar surface area (TPSA) is 41.5 Å². The van der Waals surface area contributed by atoms with Crippen LogP contribution in [0.5, 0.6) is 5.75 Å². The molecule has 0 saturated heterocycles. The predicted molar refractivity (Wildman–Crippen MR) is 76.5 cm³/mol. The van der Waals surface area contributed by atoms with Crippen LogP contribution in [0, 0.1) is 0 Å². The summed E-state index contributed by atoms with van der Waals surface area (Å²) in [4.78, 5) is 0. The van der Waals surface area contributed by atoms with Gasteiger partial charge in [-0.05, 0) is 29.9 Å². The fraction of sp³-hybridized carbons (Fsp3) is 0.375. The summed E-state index contributed by atoms with van der Waals surface area (Å²) < 4.78 is 5.37. The molecule has 0 radical (unpaired) electrons. The van der Waals surface area contributed by atoms with Gasteiger partial charge in [0.25, 0.3) is 0 Å². The van der Waals surface area contributed by atoms with Crippen molar-refractivity contribution < 1.29 is 9.84 Å². The molecule has 1 aliphatic rings. The first kappa shape index (κ1) is 12.5. The Balaban J connectivity index is 1.93. The molecule has 2 N–H and O–H groups in total. The molecule has 1 saturated carbocycles. The van der Waals surface area contributed by atoms with Crippen LogP contribution >= 0.6 is 0 Å². The third kappa shape index (κ3) is 2.57. The summed E-state index contributed by atoms with van der Waals surface area (Å²) in [6.45, 7) is 0.612. The van der Waals surface area contributed by atoms with Crippen molar-refractivity contribution in [3.05, 3.63) is 42.0 Å². The minimum Gasteiger partial charge on any atom is -0.496 e. The first-order valence-corrected chi connectivity index (χ1v) is 6.76. The van der Waals surface area contributed by atoms with Gasteiger partial charge >= 0.3 is 0 Å². The second-order valence-corrected chi connectivity index (χ2v) is 5.10. The van der Waals surface area contributed by atoms with Crippen molar-refractivity contribution in [2.24, 2.45) is 0 Å². The highest BCUT2D eigenvalue weighted by Crippen LogP contribution is 2.31. The van der Waals surface area contributed by atoms with E-state index in [1.54, 1.807) is 7.11 Å². The fourth-order valence-corrected chi connectivity index (χ4v) is 2.44. The number of methoxy groups -OCH3 is 1. The number of rotatable bonds is 5. The third-order valence-electron chi connectivity index (χ3n) is 3.67. The maximum atomic E-state index is 10.4. The number of nitrogens with one attached hydrogen (secondary N) is 1. The summed E-state index contributed by atoms with van der Waals surface area (Å²) in [5.41, 5.74) is 0.963. The summed E-state index contributed by atoms with van der Waals surface area (Å²) >= 11 is 0. The molecule has 1 aliphatic carbocycles. The van der Waals surface area contributed by atoms with E-state index in [0.29, 0.717) is 12.6 Å². The summed E-state index contributed by atoms with van der Waals surface area (Å²) in [6.07, 6.45) is 1.99. The zero-order valence-electron chi connectivity index (χ0n) is 11.1. The predicted octanol–water partition coefficient (Wildman–Crippen LogP) is 2.63. The van der Waals surface area contributed by atoms with Gasteiger partial charge in [0.2, 0.25) is 0 Å².